The minimum Gasteiger partial charge on any atom is -0.336 e. The number of aromatic nitrogens is 3. The quantitative estimate of drug-likeness (QED) is 0.744. The van der Waals surface area contributed by atoms with Gasteiger partial charge in [0.2, 0.25) is 0 Å². The molecule has 1 atom stereocenters. The number of carbonyl (C=O) groups excluding carboxylic acids is 1. The molecular formula is C15H11F3N4O2S. The van der Waals surface area contributed by atoms with Crippen molar-refractivity contribution < 1.29 is 18.0 Å². The zero-order chi connectivity index (χ0) is 18.2. The molecule has 0 saturated carbocycles. The number of halogens is 3. The third kappa shape index (κ3) is 3.25. The van der Waals surface area contributed by atoms with Gasteiger partial charge < -0.3 is 10.3 Å². The van der Waals surface area contributed by atoms with Crippen LogP contribution in [0.5, 0.6) is 0 Å². The Hall–Kier alpha value is -2.75. The van der Waals surface area contributed by atoms with E-state index in [9.17, 15) is 22.8 Å². The molecule has 0 aliphatic rings. The molecule has 0 saturated heterocycles. The van der Waals surface area contributed by atoms with E-state index in [1.165, 1.54) is 31.6 Å². The van der Waals surface area contributed by atoms with E-state index in [0.29, 0.717) is 5.56 Å². The van der Waals surface area contributed by atoms with Gasteiger partial charge in [0.1, 0.15) is 4.83 Å². The van der Waals surface area contributed by atoms with Crippen LogP contribution in [0.15, 0.2) is 35.6 Å². The molecule has 0 spiro atoms. The number of nitrogens with one attached hydrogen (secondary N) is 2. The van der Waals surface area contributed by atoms with Gasteiger partial charge in [-0.3, -0.25) is 14.6 Å². The van der Waals surface area contributed by atoms with Crippen molar-refractivity contribution in [1.29, 1.82) is 0 Å². The highest BCUT2D eigenvalue weighted by Gasteiger charge is 2.42. The Morgan fingerprint density at radius 2 is 2.16 bits per heavy atom. The summed E-state index contributed by atoms with van der Waals surface area (Å²) in [6, 6.07) is 0.383. The summed E-state index contributed by atoms with van der Waals surface area (Å²) in [5.41, 5.74) is -0.338. The van der Waals surface area contributed by atoms with E-state index in [1.54, 1.807) is 0 Å². The van der Waals surface area contributed by atoms with Crippen LogP contribution in [0.4, 0.5) is 13.2 Å². The van der Waals surface area contributed by atoms with Gasteiger partial charge in [0.05, 0.1) is 16.6 Å². The highest BCUT2D eigenvalue weighted by Crippen LogP contribution is 2.33. The summed E-state index contributed by atoms with van der Waals surface area (Å²) in [6.45, 7) is 1.50. The van der Waals surface area contributed by atoms with E-state index in [2.05, 4.69) is 15.0 Å². The molecule has 6 nitrogen and oxygen atoms in total. The second-order valence-electron chi connectivity index (χ2n) is 5.20. The van der Waals surface area contributed by atoms with Crippen LogP contribution in [0.2, 0.25) is 0 Å². The fraction of sp³-hybridized carbons (Fsp3) is 0.200. The fourth-order valence-electron chi connectivity index (χ4n) is 2.39. The standard InChI is InChI=1S/C15H11F3N4O2S/c1-7-9-12(23)20-6-21-14(9)25-10(7)13(24)22-11(15(16,17)18)8-3-2-4-19-5-8/h2-6,11H,1H3,(H,22,24)(H,20,21,23)/t11-/m0/s1. The third-order valence-corrected chi connectivity index (χ3v) is 4.76. The largest absolute Gasteiger partial charge is 0.412 e. The number of nitrogens with zero attached hydrogens (tertiary/aromatic N) is 2. The second-order valence-corrected chi connectivity index (χ2v) is 6.20. The van der Waals surface area contributed by atoms with Gasteiger partial charge in [-0.15, -0.1) is 11.3 Å². The third-order valence-electron chi connectivity index (χ3n) is 3.56. The van der Waals surface area contributed by atoms with Crippen molar-refractivity contribution in [1.82, 2.24) is 20.3 Å². The first kappa shape index (κ1) is 17.1. The Morgan fingerprint density at radius 3 is 2.76 bits per heavy atom. The van der Waals surface area contributed by atoms with Crippen molar-refractivity contribution in [2.75, 3.05) is 0 Å². The van der Waals surface area contributed by atoms with E-state index in [0.717, 1.165) is 17.5 Å². The molecular weight excluding hydrogens is 357 g/mol. The fourth-order valence-corrected chi connectivity index (χ4v) is 3.45. The molecule has 3 aromatic rings. The summed E-state index contributed by atoms with van der Waals surface area (Å²) in [7, 11) is 0. The molecule has 3 rings (SSSR count). The van der Waals surface area contributed by atoms with Crippen molar-refractivity contribution in [3.05, 3.63) is 57.2 Å². The number of fused-ring (bicyclic) bond motifs is 1. The molecule has 1 amide bonds. The average molecular weight is 368 g/mol. The number of H-pyrrole nitrogens is 1. The molecule has 10 heteroatoms. The molecule has 3 aromatic heterocycles. The number of hydrogen-bond acceptors (Lipinski definition) is 5. The average Bonchev–Trinajstić information content (AvgIpc) is 2.90. The summed E-state index contributed by atoms with van der Waals surface area (Å²) in [4.78, 5) is 34.5. The Labute approximate surface area is 142 Å². The molecule has 3 heterocycles. The van der Waals surface area contributed by atoms with E-state index >= 15 is 0 Å². The lowest BCUT2D eigenvalue weighted by Gasteiger charge is -2.21. The lowest BCUT2D eigenvalue weighted by molar-refractivity contribution is -0.155. The van der Waals surface area contributed by atoms with Crippen molar-refractivity contribution >= 4 is 27.5 Å². The Bertz CT molecular complexity index is 982. The van der Waals surface area contributed by atoms with E-state index in [1.807, 2.05) is 5.32 Å². The van der Waals surface area contributed by atoms with Gasteiger partial charge in [0, 0.05) is 18.0 Å². The van der Waals surface area contributed by atoms with Crippen molar-refractivity contribution in [2.24, 2.45) is 0 Å². The van der Waals surface area contributed by atoms with E-state index in [-0.39, 0.29) is 20.7 Å². The van der Waals surface area contributed by atoms with Crippen LogP contribution in [0.1, 0.15) is 26.8 Å². The Balaban J connectivity index is 1.99. The monoisotopic (exact) mass is 368 g/mol. The number of carbonyl (C=O) groups is 1. The molecule has 0 bridgehead atoms. The number of rotatable bonds is 3. The number of pyridine rings is 1. The van der Waals surface area contributed by atoms with Crippen molar-refractivity contribution in [3.63, 3.8) is 0 Å². The van der Waals surface area contributed by atoms with E-state index < -0.39 is 23.7 Å². The topological polar surface area (TPSA) is 87.7 Å². The molecule has 0 unspecified atom stereocenters. The van der Waals surface area contributed by atoms with Gasteiger partial charge in [-0.05, 0) is 18.6 Å². The summed E-state index contributed by atoms with van der Waals surface area (Å²) < 4.78 is 40.0. The molecule has 25 heavy (non-hydrogen) atoms. The molecule has 0 aliphatic carbocycles. The summed E-state index contributed by atoms with van der Waals surface area (Å²) in [5, 5.41) is 2.17. The van der Waals surface area contributed by atoms with Gasteiger partial charge in [-0.1, -0.05) is 6.07 Å². The molecule has 2 N–H and O–H groups in total. The zero-order valence-corrected chi connectivity index (χ0v) is 13.5. The number of amides is 1. The van der Waals surface area contributed by atoms with Crippen LogP contribution < -0.4 is 10.9 Å². The molecule has 0 radical (unpaired) electrons. The van der Waals surface area contributed by atoms with Crippen LogP contribution >= 0.6 is 11.3 Å². The minimum atomic E-state index is -4.70. The highest BCUT2D eigenvalue weighted by molar-refractivity contribution is 7.20. The first-order chi connectivity index (χ1) is 11.8. The van der Waals surface area contributed by atoms with Crippen molar-refractivity contribution in [2.45, 2.75) is 19.1 Å². The molecule has 0 fully saturated rings. The zero-order valence-electron chi connectivity index (χ0n) is 12.7. The Kier molecular flexibility index (Phi) is 4.29. The maximum absolute atomic E-state index is 13.3. The minimum absolute atomic E-state index is 0.0114. The maximum Gasteiger partial charge on any atom is 0.412 e. The molecule has 130 valence electrons. The predicted molar refractivity (Wildman–Crippen MR) is 85.5 cm³/mol. The maximum atomic E-state index is 13.3. The van der Waals surface area contributed by atoms with Crippen LogP contribution in [0.3, 0.4) is 0 Å². The van der Waals surface area contributed by atoms with Crippen LogP contribution in [0, 0.1) is 6.92 Å². The number of hydrogen-bond donors (Lipinski definition) is 2. The summed E-state index contributed by atoms with van der Waals surface area (Å²) in [6.07, 6.45) is -1.13. The first-order valence-corrected chi connectivity index (χ1v) is 7.85. The smallest absolute Gasteiger partial charge is 0.336 e. The number of aromatic amines is 1. The van der Waals surface area contributed by atoms with Crippen molar-refractivity contribution in [3.8, 4) is 0 Å². The first-order valence-electron chi connectivity index (χ1n) is 7.03. The van der Waals surface area contributed by atoms with Gasteiger partial charge in [-0.2, -0.15) is 13.2 Å². The normalized spacial score (nSPS) is 13.0. The SMILES string of the molecule is Cc1c(C(=O)N[C@@H](c2cccnc2)C(F)(F)F)sc2nc[nH]c(=O)c12. The number of aryl methyl sites for hydroxylation is 1. The number of thiophene rings is 1. The van der Waals surface area contributed by atoms with E-state index in [4.69, 9.17) is 0 Å². The lowest BCUT2D eigenvalue weighted by atomic mass is 10.1. The number of alkyl halides is 3. The van der Waals surface area contributed by atoms with Crippen LogP contribution in [-0.2, 0) is 0 Å². The molecule has 0 aliphatic heterocycles. The van der Waals surface area contributed by atoms with Gasteiger partial charge in [-0.25, -0.2) is 4.98 Å². The van der Waals surface area contributed by atoms with Gasteiger partial charge >= 0.3 is 6.18 Å². The lowest BCUT2D eigenvalue weighted by Crippen LogP contribution is -2.38. The van der Waals surface area contributed by atoms with Gasteiger partial charge in [0.15, 0.2) is 6.04 Å². The molecule has 0 aromatic carbocycles. The van der Waals surface area contributed by atoms with Crippen LogP contribution in [-0.4, -0.2) is 27.0 Å². The van der Waals surface area contributed by atoms with Crippen LogP contribution in [0.25, 0.3) is 10.2 Å². The Morgan fingerprint density at radius 1 is 1.40 bits per heavy atom. The highest BCUT2D eigenvalue weighted by atomic mass is 32.1. The summed E-state index contributed by atoms with van der Waals surface area (Å²) >= 11 is 0.868. The van der Waals surface area contributed by atoms with Gasteiger partial charge in [0.25, 0.3) is 11.5 Å². The predicted octanol–water partition coefficient (Wildman–Crippen LogP) is 2.72. The summed E-state index contributed by atoms with van der Waals surface area (Å²) in [5.74, 6) is -0.925. The second kappa shape index (κ2) is 6.28.